The van der Waals surface area contributed by atoms with Crippen LogP contribution in [0.15, 0.2) is 72.9 Å². The predicted molar refractivity (Wildman–Crippen MR) is 288 cm³/mol. The largest absolute Gasteiger partial charge is 0.472 e. The number of unbranched alkanes of at least 4 members (excludes halogenated alkanes) is 22. The average molecular weight is 1010 g/mol. The summed E-state index contributed by atoms with van der Waals surface area (Å²) in [5.41, 5.74) is 0. The Morgan fingerprint density at radius 3 is 1.20 bits per heavy atom. The van der Waals surface area contributed by atoms with Crippen molar-refractivity contribution in [2.75, 3.05) is 26.4 Å². The highest BCUT2D eigenvalue weighted by Crippen LogP contribution is 2.43. The van der Waals surface area contributed by atoms with Gasteiger partial charge in [-0.05, 0) is 109 Å². The predicted octanol–water partition coefficient (Wildman–Crippen LogP) is 16.1. The van der Waals surface area contributed by atoms with Gasteiger partial charge in [0, 0.05) is 19.3 Å². The first-order chi connectivity index (χ1) is 34.2. The Morgan fingerprint density at radius 1 is 0.414 bits per heavy atom. The van der Waals surface area contributed by atoms with Crippen LogP contribution in [-0.4, -0.2) is 66.5 Å². The van der Waals surface area contributed by atoms with Crippen molar-refractivity contribution < 1.29 is 52.2 Å². The summed E-state index contributed by atoms with van der Waals surface area (Å²) in [5, 5.41) is 9.78. The summed E-state index contributed by atoms with van der Waals surface area (Å²) in [6, 6.07) is 0. The number of rotatable bonds is 51. The van der Waals surface area contributed by atoms with Gasteiger partial charge in [-0.2, -0.15) is 0 Å². The number of aliphatic hydroxyl groups is 1. The monoisotopic (exact) mass is 1000 g/mol. The van der Waals surface area contributed by atoms with Crippen LogP contribution < -0.4 is 0 Å². The summed E-state index contributed by atoms with van der Waals surface area (Å²) in [6.07, 6.45) is 57.2. The second-order valence-corrected chi connectivity index (χ2v) is 19.8. The summed E-state index contributed by atoms with van der Waals surface area (Å²) in [6.45, 7) is 4.44. The van der Waals surface area contributed by atoms with Crippen molar-refractivity contribution in [2.45, 2.75) is 251 Å². The quantitative estimate of drug-likeness (QED) is 0.0197. The Labute approximate surface area is 427 Å². The van der Waals surface area contributed by atoms with Crippen molar-refractivity contribution in [1.29, 1.82) is 0 Å². The van der Waals surface area contributed by atoms with E-state index in [4.69, 9.17) is 23.3 Å². The van der Waals surface area contributed by atoms with E-state index >= 15 is 0 Å². The normalized spacial score (nSPS) is 14.0. The molecule has 0 aromatic heterocycles. The number of phosphoric ester groups is 1. The molecule has 0 radical (unpaired) electrons. The zero-order valence-corrected chi connectivity index (χ0v) is 45.4. The van der Waals surface area contributed by atoms with Gasteiger partial charge < -0.3 is 24.2 Å². The highest BCUT2D eigenvalue weighted by atomic mass is 31.2. The minimum atomic E-state index is -4.76. The van der Waals surface area contributed by atoms with Crippen molar-refractivity contribution in [2.24, 2.45) is 0 Å². The molecule has 0 fully saturated rings. The third kappa shape index (κ3) is 49.9. The smallest absolute Gasteiger partial charge is 0.462 e. The van der Waals surface area contributed by atoms with Gasteiger partial charge in [-0.3, -0.25) is 23.4 Å². The molecule has 0 aliphatic heterocycles. The summed E-state index contributed by atoms with van der Waals surface area (Å²) in [7, 11) is -4.76. The lowest BCUT2D eigenvalue weighted by Gasteiger charge is -2.21. The average Bonchev–Trinajstić information content (AvgIpc) is 3.35. The molecule has 0 aromatic carbocycles. The van der Waals surface area contributed by atoms with Crippen LogP contribution in [-0.2, 0) is 42.2 Å². The van der Waals surface area contributed by atoms with Crippen molar-refractivity contribution in [1.82, 2.24) is 0 Å². The Hall–Kier alpha value is -3.08. The number of ether oxygens (including phenoxy) is 3. The van der Waals surface area contributed by atoms with E-state index in [1.165, 1.54) is 57.8 Å². The zero-order chi connectivity index (χ0) is 51.3. The minimum absolute atomic E-state index is 0.139. The SMILES string of the molecule is CC/C=C\C/C=C\C/C=C\CCCCCC(=O)OC(CO)COP(=O)(O)OCC(COC(=O)CCCCCCC/C=C\CCCCCCCC)OC(=O)CCCCCCC/C=C\C/C=C\CCCCC. The maximum Gasteiger partial charge on any atom is 0.472 e. The van der Waals surface area contributed by atoms with Crippen LogP contribution in [0.2, 0.25) is 0 Å². The van der Waals surface area contributed by atoms with E-state index in [-0.39, 0.29) is 25.9 Å². The molecule has 70 heavy (non-hydrogen) atoms. The molecule has 0 heterocycles. The summed E-state index contributed by atoms with van der Waals surface area (Å²) in [4.78, 5) is 48.4. The van der Waals surface area contributed by atoms with E-state index < -0.39 is 57.8 Å². The molecule has 0 bridgehead atoms. The lowest BCUT2D eigenvalue weighted by molar-refractivity contribution is -0.161. The maximum atomic E-state index is 12.9. The number of phosphoric acid groups is 1. The van der Waals surface area contributed by atoms with Gasteiger partial charge in [0.15, 0.2) is 6.10 Å². The third-order valence-corrected chi connectivity index (χ3v) is 12.5. The molecule has 11 nitrogen and oxygen atoms in total. The highest BCUT2D eigenvalue weighted by molar-refractivity contribution is 7.47. The Morgan fingerprint density at radius 2 is 0.743 bits per heavy atom. The second-order valence-electron chi connectivity index (χ2n) is 18.4. The molecule has 3 atom stereocenters. The Balaban J connectivity index is 4.79. The van der Waals surface area contributed by atoms with Crippen LogP contribution in [0.1, 0.15) is 239 Å². The van der Waals surface area contributed by atoms with E-state index in [9.17, 15) is 28.9 Å². The van der Waals surface area contributed by atoms with Crippen molar-refractivity contribution in [3.05, 3.63) is 72.9 Å². The first-order valence-corrected chi connectivity index (χ1v) is 29.3. The summed E-state index contributed by atoms with van der Waals surface area (Å²) in [5.74, 6) is -1.52. The third-order valence-electron chi connectivity index (χ3n) is 11.6. The molecule has 0 saturated heterocycles. The highest BCUT2D eigenvalue weighted by Gasteiger charge is 2.28. The van der Waals surface area contributed by atoms with E-state index in [2.05, 4.69) is 93.7 Å². The van der Waals surface area contributed by atoms with Gasteiger partial charge in [0.05, 0.1) is 19.8 Å². The molecule has 3 unspecified atom stereocenters. The molecular formula is C58H101O11P. The maximum absolute atomic E-state index is 12.9. The standard InChI is InChI=1S/C58H101O11P/c1-4-7-10-13-16-19-22-25-27-30-32-35-38-41-44-47-56(60)65-51-55(69-58(62)49-46-43-40-37-34-31-28-26-23-20-17-14-11-8-5-2)53-67-70(63,64)66-52-54(50-59)68-57(61)48-45-42-39-36-33-29-24-21-18-15-12-9-6-3/h9,12,17-18,20-21,25-29,33,54-55,59H,4-8,10-11,13-16,19,22-24,30-32,34-53H2,1-3H3,(H,63,64)/b12-9-,20-17-,21-18-,27-25-,28-26-,33-29-. The van der Waals surface area contributed by atoms with Crippen LogP contribution in [0.5, 0.6) is 0 Å². The van der Waals surface area contributed by atoms with Crippen molar-refractivity contribution in [3.8, 4) is 0 Å². The van der Waals surface area contributed by atoms with Gasteiger partial charge >= 0.3 is 25.7 Å². The molecule has 0 aliphatic rings. The minimum Gasteiger partial charge on any atom is -0.462 e. The van der Waals surface area contributed by atoms with Gasteiger partial charge in [-0.1, -0.05) is 184 Å². The second kappa shape index (κ2) is 52.2. The van der Waals surface area contributed by atoms with Gasteiger partial charge in [0.2, 0.25) is 0 Å². The Kier molecular flexibility index (Phi) is 50.0. The fourth-order valence-electron chi connectivity index (χ4n) is 7.34. The summed E-state index contributed by atoms with van der Waals surface area (Å²) >= 11 is 0. The van der Waals surface area contributed by atoms with Crippen LogP contribution in [0.3, 0.4) is 0 Å². The first kappa shape index (κ1) is 66.9. The fraction of sp³-hybridized carbons (Fsp3) is 0.741. The molecule has 0 spiro atoms. The van der Waals surface area contributed by atoms with Crippen molar-refractivity contribution in [3.63, 3.8) is 0 Å². The molecule has 2 N–H and O–H groups in total. The van der Waals surface area contributed by atoms with Crippen LogP contribution in [0.25, 0.3) is 0 Å². The molecular weight excluding hydrogens is 904 g/mol. The number of allylic oxidation sites excluding steroid dienone is 12. The van der Waals surface area contributed by atoms with E-state index in [1.54, 1.807) is 0 Å². The van der Waals surface area contributed by atoms with Gasteiger partial charge in [-0.25, -0.2) is 4.57 Å². The number of hydrogen-bond donors (Lipinski definition) is 2. The van der Waals surface area contributed by atoms with Crippen LogP contribution in [0.4, 0.5) is 0 Å². The molecule has 0 aromatic rings. The van der Waals surface area contributed by atoms with Gasteiger partial charge in [0.1, 0.15) is 12.7 Å². The topological polar surface area (TPSA) is 155 Å². The van der Waals surface area contributed by atoms with E-state index in [0.717, 1.165) is 122 Å². The molecule has 12 heteroatoms. The number of carbonyl (C=O) groups is 3. The summed E-state index contributed by atoms with van der Waals surface area (Å²) < 4.78 is 39.4. The van der Waals surface area contributed by atoms with Crippen LogP contribution in [0, 0.1) is 0 Å². The molecule has 0 aliphatic carbocycles. The number of carbonyl (C=O) groups excluding carboxylic acids is 3. The molecule has 404 valence electrons. The molecule has 0 rings (SSSR count). The number of hydrogen-bond acceptors (Lipinski definition) is 10. The lowest BCUT2D eigenvalue weighted by atomic mass is 10.1. The lowest BCUT2D eigenvalue weighted by Crippen LogP contribution is -2.30. The molecule has 0 amide bonds. The van der Waals surface area contributed by atoms with E-state index in [1.807, 2.05) is 0 Å². The zero-order valence-electron chi connectivity index (χ0n) is 44.5. The van der Waals surface area contributed by atoms with E-state index in [0.29, 0.717) is 19.3 Å². The number of aliphatic hydroxyl groups excluding tert-OH is 1. The van der Waals surface area contributed by atoms with Crippen LogP contribution >= 0.6 is 7.82 Å². The van der Waals surface area contributed by atoms with Crippen molar-refractivity contribution >= 4 is 25.7 Å². The molecule has 0 saturated carbocycles. The Bertz CT molecular complexity index is 1450. The number of esters is 3. The first-order valence-electron chi connectivity index (χ1n) is 27.8. The van der Waals surface area contributed by atoms with Gasteiger partial charge in [-0.15, -0.1) is 0 Å². The van der Waals surface area contributed by atoms with Gasteiger partial charge in [0.25, 0.3) is 0 Å². The fourth-order valence-corrected chi connectivity index (χ4v) is 8.12.